The molecule has 1 atom stereocenters. The Morgan fingerprint density at radius 1 is 1.20 bits per heavy atom. The van der Waals surface area contributed by atoms with Gasteiger partial charge in [0.2, 0.25) is 0 Å². The Hall–Kier alpha value is -0.0900. The molecule has 0 spiro atoms. The predicted molar refractivity (Wildman–Crippen MR) is 65.9 cm³/mol. The Morgan fingerprint density at radius 2 is 1.80 bits per heavy atom. The minimum atomic E-state index is -2.86. The van der Waals surface area contributed by atoms with Crippen molar-refractivity contribution >= 4 is 9.84 Å². The summed E-state index contributed by atoms with van der Waals surface area (Å²) in [6, 6.07) is 0.127. The Bertz CT molecular complexity index is 247. The first-order chi connectivity index (χ1) is 6.85. The van der Waals surface area contributed by atoms with Gasteiger partial charge in [0.25, 0.3) is 0 Å². The average Bonchev–Trinajstić information content (AvgIpc) is 2.07. The second kappa shape index (κ2) is 7.23. The van der Waals surface area contributed by atoms with Gasteiger partial charge in [0, 0.05) is 12.3 Å². The van der Waals surface area contributed by atoms with Crippen molar-refractivity contribution in [2.45, 2.75) is 46.1 Å². The smallest absolute Gasteiger partial charge is 0.148 e. The molecule has 0 radical (unpaired) electrons. The molecule has 3 nitrogen and oxygen atoms in total. The molecule has 0 aromatic carbocycles. The third-order valence-electron chi connectivity index (χ3n) is 2.28. The van der Waals surface area contributed by atoms with Gasteiger partial charge in [-0.3, -0.25) is 0 Å². The van der Waals surface area contributed by atoms with Crippen LogP contribution in [0.2, 0.25) is 0 Å². The van der Waals surface area contributed by atoms with Crippen molar-refractivity contribution in [3.05, 3.63) is 0 Å². The fraction of sp³-hybridized carbons (Fsp3) is 1.00. The zero-order valence-electron chi connectivity index (χ0n) is 10.4. The molecular weight excluding hydrogens is 210 g/mol. The van der Waals surface area contributed by atoms with Crippen LogP contribution in [0.5, 0.6) is 0 Å². The van der Waals surface area contributed by atoms with Crippen LogP contribution < -0.4 is 5.32 Å². The number of hydrogen-bond donors (Lipinski definition) is 1. The molecule has 15 heavy (non-hydrogen) atoms. The highest BCUT2D eigenvalue weighted by Gasteiger charge is 2.14. The van der Waals surface area contributed by atoms with E-state index in [-0.39, 0.29) is 11.8 Å². The lowest BCUT2D eigenvalue weighted by Crippen LogP contribution is -2.36. The standard InChI is InChI=1S/C11H25NO2S/c1-5-8-12-11(7-6-10(2)3)9-15(4,13)14/h10-12H,5-9H2,1-4H3. The zero-order valence-corrected chi connectivity index (χ0v) is 11.2. The van der Waals surface area contributed by atoms with E-state index in [4.69, 9.17) is 0 Å². The van der Waals surface area contributed by atoms with Crippen molar-refractivity contribution in [1.82, 2.24) is 5.32 Å². The SMILES string of the molecule is CCCNC(CCC(C)C)CS(C)(=O)=O. The molecule has 0 aliphatic heterocycles. The van der Waals surface area contributed by atoms with Gasteiger partial charge in [0.1, 0.15) is 9.84 Å². The first kappa shape index (κ1) is 14.9. The monoisotopic (exact) mass is 235 g/mol. The molecule has 0 rings (SSSR count). The quantitative estimate of drug-likeness (QED) is 0.698. The van der Waals surface area contributed by atoms with Crippen LogP contribution in [0, 0.1) is 5.92 Å². The van der Waals surface area contributed by atoms with Crippen LogP contribution in [0.1, 0.15) is 40.0 Å². The zero-order chi connectivity index (χ0) is 11.9. The normalized spacial score (nSPS) is 14.5. The molecule has 0 bridgehead atoms. The minimum absolute atomic E-state index is 0.127. The molecule has 0 amide bonds. The predicted octanol–water partition coefficient (Wildman–Crippen LogP) is 1.84. The van der Waals surface area contributed by atoms with Crippen molar-refractivity contribution in [3.8, 4) is 0 Å². The number of hydrogen-bond acceptors (Lipinski definition) is 3. The van der Waals surface area contributed by atoms with E-state index >= 15 is 0 Å². The van der Waals surface area contributed by atoms with Gasteiger partial charge in [0.05, 0.1) is 5.75 Å². The Balaban J connectivity index is 4.06. The lowest BCUT2D eigenvalue weighted by molar-refractivity contribution is 0.450. The van der Waals surface area contributed by atoms with E-state index in [0.717, 1.165) is 25.8 Å². The number of sulfone groups is 1. The lowest BCUT2D eigenvalue weighted by atomic mass is 10.0. The van der Waals surface area contributed by atoms with E-state index < -0.39 is 9.84 Å². The largest absolute Gasteiger partial charge is 0.313 e. The van der Waals surface area contributed by atoms with Gasteiger partial charge in [0.15, 0.2) is 0 Å². The van der Waals surface area contributed by atoms with E-state index in [9.17, 15) is 8.42 Å². The third-order valence-corrected chi connectivity index (χ3v) is 3.29. The first-order valence-electron chi connectivity index (χ1n) is 5.76. The van der Waals surface area contributed by atoms with Gasteiger partial charge in [-0.2, -0.15) is 0 Å². The van der Waals surface area contributed by atoms with Gasteiger partial charge in [-0.05, 0) is 31.7 Å². The molecule has 0 heterocycles. The summed E-state index contributed by atoms with van der Waals surface area (Å²) in [7, 11) is -2.86. The molecule has 0 aliphatic rings. The summed E-state index contributed by atoms with van der Waals surface area (Å²) in [5.74, 6) is 0.898. The van der Waals surface area contributed by atoms with E-state index in [1.807, 2.05) is 0 Å². The summed E-state index contributed by atoms with van der Waals surface area (Å²) < 4.78 is 22.4. The highest BCUT2D eigenvalue weighted by Crippen LogP contribution is 2.08. The second-order valence-corrected chi connectivity index (χ2v) is 6.90. The van der Waals surface area contributed by atoms with Crippen molar-refractivity contribution in [1.29, 1.82) is 0 Å². The number of rotatable bonds is 8. The molecule has 0 aromatic rings. The maximum Gasteiger partial charge on any atom is 0.148 e. The van der Waals surface area contributed by atoms with Crippen molar-refractivity contribution < 1.29 is 8.42 Å². The molecule has 1 unspecified atom stereocenters. The van der Waals surface area contributed by atoms with Gasteiger partial charge in [-0.15, -0.1) is 0 Å². The van der Waals surface area contributed by atoms with Crippen LogP contribution in [0.3, 0.4) is 0 Å². The Morgan fingerprint density at radius 3 is 2.20 bits per heavy atom. The molecule has 0 fully saturated rings. The van der Waals surface area contributed by atoms with Gasteiger partial charge < -0.3 is 5.32 Å². The highest BCUT2D eigenvalue weighted by atomic mass is 32.2. The fourth-order valence-electron chi connectivity index (χ4n) is 1.49. The molecule has 0 saturated heterocycles. The molecular formula is C11H25NO2S. The summed E-state index contributed by atoms with van der Waals surface area (Å²) in [5, 5.41) is 3.30. The Kier molecular flexibility index (Phi) is 7.18. The van der Waals surface area contributed by atoms with Crippen molar-refractivity contribution in [3.63, 3.8) is 0 Å². The second-order valence-electron chi connectivity index (χ2n) is 4.71. The van der Waals surface area contributed by atoms with Crippen LogP contribution in [0.4, 0.5) is 0 Å². The number of nitrogens with one attached hydrogen (secondary N) is 1. The molecule has 4 heteroatoms. The highest BCUT2D eigenvalue weighted by molar-refractivity contribution is 7.90. The van der Waals surface area contributed by atoms with E-state index in [1.165, 1.54) is 6.26 Å². The van der Waals surface area contributed by atoms with Crippen LogP contribution in [0.15, 0.2) is 0 Å². The molecule has 0 aromatic heterocycles. The van der Waals surface area contributed by atoms with Crippen LogP contribution >= 0.6 is 0 Å². The summed E-state index contributed by atoms with van der Waals surface area (Å²) in [4.78, 5) is 0. The molecule has 0 saturated carbocycles. The van der Waals surface area contributed by atoms with Crippen LogP contribution in [-0.2, 0) is 9.84 Å². The summed E-state index contributed by atoms with van der Waals surface area (Å²) >= 11 is 0. The summed E-state index contributed by atoms with van der Waals surface area (Å²) in [6.45, 7) is 7.32. The minimum Gasteiger partial charge on any atom is -0.313 e. The Labute approximate surface area is 94.6 Å². The van der Waals surface area contributed by atoms with Crippen LogP contribution in [0.25, 0.3) is 0 Å². The van der Waals surface area contributed by atoms with E-state index in [1.54, 1.807) is 0 Å². The molecule has 1 N–H and O–H groups in total. The lowest BCUT2D eigenvalue weighted by Gasteiger charge is -2.18. The fourth-order valence-corrected chi connectivity index (χ4v) is 2.51. The van der Waals surface area contributed by atoms with Gasteiger partial charge in [-0.1, -0.05) is 20.8 Å². The summed E-state index contributed by atoms with van der Waals surface area (Å²) in [5.41, 5.74) is 0. The average molecular weight is 235 g/mol. The van der Waals surface area contributed by atoms with Crippen LogP contribution in [-0.4, -0.2) is 33.0 Å². The summed E-state index contributed by atoms with van der Waals surface area (Å²) in [6.07, 6.45) is 4.38. The van der Waals surface area contributed by atoms with Gasteiger partial charge >= 0.3 is 0 Å². The van der Waals surface area contributed by atoms with Crippen molar-refractivity contribution in [2.24, 2.45) is 5.92 Å². The van der Waals surface area contributed by atoms with E-state index in [0.29, 0.717) is 5.92 Å². The maximum absolute atomic E-state index is 11.2. The first-order valence-corrected chi connectivity index (χ1v) is 7.82. The third kappa shape index (κ3) is 10.2. The molecule has 92 valence electrons. The maximum atomic E-state index is 11.2. The van der Waals surface area contributed by atoms with Gasteiger partial charge in [-0.25, -0.2) is 8.42 Å². The van der Waals surface area contributed by atoms with E-state index in [2.05, 4.69) is 26.1 Å². The topological polar surface area (TPSA) is 46.2 Å². The van der Waals surface area contributed by atoms with Crippen molar-refractivity contribution in [2.75, 3.05) is 18.6 Å². The molecule has 0 aliphatic carbocycles.